The van der Waals surface area contributed by atoms with E-state index >= 15 is 0 Å². The normalized spacial score (nSPS) is 14.1. The van der Waals surface area contributed by atoms with Crippen LogP contribution in [0.1, 0.15) is 49.9 Å². The van der Waals surface area contributed by atoms with Crippen LogP contribution < -0.4 is 0 Å². The lowest BCUT2D eigenvalue weighted by Gasteiger charge is -2.22. The fraction of sp³-hybridized carbons (Fsp3) is 0.100. The Morgan fingerprint density at radius 3 is 1.68 bits per heavy atom. The summed E-state index contributed by atoms with van der Waals surface area (Å²) in [4.78, 5) is 10.7. The molecule has 2 heteroatoms. The number of benzene rings is 9. The summed E-state index contributed by atoms with van der Waals surface area (Å²) in [5.74, 6) is 0.718. The highest BCUT2D eigenvalue weighted by Crippen LogP contribution is 2.53. The third kappa shape index (κ3) is 5.49. The van der Waals surface area contributed by atoms with E-state index in [0.29, 0.717) is 0 Å². The molecule has 0 bridgehead atoms. The van der Waals surface area contributed by atoms with Crippen LogP contribution >= 0.6 is 0 Å². The van der Waals surface area contributed by atoms with Crippen molar-refractivity contribution in [3.05, 3.63) is 216 Å². The molecule has 0 saturated carbocycles. The number of hydrogen-bond acceptors (Lipinski definition) is 2. The summed E-state index contributed by atoms with van der Waals surface area (Å²) < 4.78 is 0. The lowest BCUT2D eigenvalue weighted by Crippen LogP contribution is -2.14. The average Bonchev–Trinajstić information content (AvgIpc) is 3.69. The first-order valence-corrected chi connectivity index (χ1v) is 21.7. The summed E-state index contributed by atoms with van der Waals surface area (Å²) in [6.45, 7) is 9.39. The minimum absolute atomic E-state index is 0.0640. The Morgan fingerprint density at radius 1 is 0.306 bits per heavy atom. The van der Waals surface area contributed by atoms with Gasteiger partial charge in [-0.1, -0.05) is 191 Å². The van der Waals surface area contributed by atoms with Crippen molar-refractivity contribution in [1.82, 2.24) is 9.97 Å². The van der Waals surface area contributed by atoms with E-state index in [1.807, 2.05) is 6.07 Å². The molecule has 1 aromatic heterocycles. The molecule has 294 valence electrons. The molecule has 0 N–H and O–H groups in total. The van der Waals surface area contributed by atoms with Crippen LogP contribution in [0.5, 0.6) is 0 Å². The second-order valence-electron chi connectivity index (χ2n) is 18.1. The molecule has 0 fully saturated rings. The Bertz CT molecular complexity index is 3460. The molecular weight excluding hydrogens is 749 g/mol. The van der Waals surface area contributed by atoms with E-state index in [-0.39, 0.29) is 10.8 Å². The topological polar surface area (TPSA) is 25.8 Å². The van der Waals surface area contributed by atoms with Crippen molar-refractivity contribution >= 4 is 21.5 Å². The Kier molecular flexibility index (Phi) is 7.96. The largest absolute Gasteiger partial charge is 0.228 e. The number of hydrogen-bond donors (Lipinski definition) is 0. The van der Waals surface area contributed by atoms with Crippen LogP contribution in [-0.4, -0.2) is 9.97 Å². The van der Waals surface area contributed by atoms with E-state index in [9.17, 15) is 0 Å². The Morgan fingerprint density at radius 2 is 0.855 bits per heavy atom. The smallest absolute Gasteiger partial charge is 0.160 e. The van der Waals surface area contributed by atoms with Gasteiger partial charge < -0.3 is 0 Å². The SMILES string of the molecule is CC1(C)c2ccc(-c3cccc(-c4ccc(-c5cc(-c6cccc7c6-c6ccccc6C7(C)C)nc(-c6ccccc6)n5)c5ccccc45)c3)cc2-c2cc3ccccc3cc21. The van der Waals surface area contributed by atoms with Gasteiger partial charge in [-0.15, -0.1) is 0 Å². The molecule has 0 saturated heterocycles. The van der Waals surface area contributed by atoms with Crippen LogP contribution in [0, 0.1) is 0 Å². The predicted molar refractivity (Wildman–Crippen MR) is 259 cm³/mol. The third-order valence-corrected chi connectivity index (χ3v) is 13.9. The van der Waals surface area contributed by atoms with Crippen molar-refractivity contribution in [2.24, 2.45) is 0 Å². The van der Waals surface area contributed by atoms with Crippen LogP contribution in [0.3, 0.4) is 0 Å². The molecule has 0 radical (unpaired) electrons. The highest BCUT2D eigenvalue weighted by atomic mass is 14.9. The molecule has 0 amide bonds. The van der Waals surface area contributed by atoms with E-state index in [1.165, 1.54) is 82.9 Å². The van der Waals surface area contributed by atoms with Crippen molar-refractivity contribution in [3.8, 4) is 78.4 Å². The standard InChI is InChI=1S/C60H44N2/c1-59(2)51-26-13-12-24-47(51)57-48(25-15-27-53(57)59)56-36-55(61-58(62-56)37-16-6-5-7-17-37)46-30-29-43(44-22-10-11-23-45(44)46)42-21-14-20-38(32-42)41-28-31-52-49(34-41)50-33-39-18-8-9-19-40(39)35-54(50)60(52,3)4/h5-36H,1-4H3. The second kappa shape index (κ2) is 13.5. The maximum atomic E-state index is 5.33. The number of nitrogens with zero attached hydrogens (tertiary/aromatic N) is 2. The van der Waals surface area contributed by atoms with E-state index in [2.05, 4.69) is 216 Å². The third-order valence-electron chi connectivity index (χ3n) is 13.9. The molecule has 9 aromatic carbocycles. The van der Waals surface area contributed by atoms with Gasteiger partial charge in [-0.2, -0.15) is 0 Å². The van der Waals surface area contributed by atoms with Crippen LogP contribution in [0.4, 0.5) is 0 Å². The molecule has 2 aliphatic carbocycles. The summed E-state index contributed by atoms with van der Waals surface area (Å²) in [7, 11) is 0. The molecule has 12 rings (SSSR count). The zero-order chi connectivity index (χ0) is 41.7. The van der Waals surface area contributed by atoms with Crippen LogP contribution in [0.15, 0.2) is 194 Å². The van der Waals surface area contributed by atoms with Gasteiger partial charge in [-0.05, 0) is 119 Å². The van der Waals surface area contributed by atoms with Gasteiger partial charge in [0.05, 0.1) is 11.4 Å². The molecule has 2 nitrogen and oxygen atoms in total. The second-order valence-corrected chi connectivity index (χ2v) is 18.1. The van der Waals surface area contributed by atoms with Crippen LogP contribution in [0.2, 0.25) is 0 Å². The number of rotatable bonds is 5. The molecular formula is C60H44N2. The monoisotopic (exact) mass is 792 g/mol. The maximum absolute atomic E-state index is 5.33. The van der Waals surface area contributed by atoms with Gasteiger partial charge in [-0.25, -0.2) is 9.97 Å². The van der Waals surface area contributed by atoms with Crippen molar-refractivity contribution in [3.63, 3.8) is 0 Å². The van der Waals surface area contributed by atoms with Crippen molar-refractivity contribution in [2.75, 3.05) is 0 Å². The molecule has 0 spiro atoms. The fourth-order valence-electron chi connectivity index (χ4n) is 10.7. The lowest BCUT2D eigenvalue weighted by atomic mass is 9.81. The minimum Gasteiger partial charge on any atom is -0.228 e. The minimum atomic E-state index is -0.110. The van der Waals surface area contributed by atoms with Crippen molar-refractivity contribution < 1.29 is 0 Å². The van der Waals surface area contributed by atoms with Gasteiger partial charge in [0.15, 0.2) is 5.82 Å². The highest BCUT2D eigenvalue weighted by Gasteiger charge is 2.38. The fourth-order valence-corrected chi connectivity index (χ4v) is 10.7. The van der Waals surface area contributed by atoms with Gasteiger partial charge in [-0.3, -0.25) is 0 Å². The Balaban J connectivity index is 0.985. The zero-order valence-electron chi connectivity index (χ0n) is 35.4. The summed E-state index contributed by atoms with van der Waals surface area (Å²) in [5, 5.41) is 4.93. The molecule has 0 aliphatic heterocycles. The molecule has 1 heterocycles. The molecule has 62 heavy (non-hydrogen) atoms. The van der Waals surface area contributed by atoms with Crippen LogP contribution in [0.25, 0.3) is 100.0 Å². The maximum Gasteiger partial charge on any atom is 0.160 e. The zero-order valence-corrected chi connectivity index (χ0v) is 35.4. The number of aromatic nitrogens is 2. The Hall–Kier alpha value is -7.42. The number of fused-ring (bicyclic) bond motifs is 8. The van der Waals surface area contributed by atoms with Gasteiger partial charge >= 0.3 is 0 Å². The summed E-state index contributed by atoms with van der Waals surface area (Å²) in [6.07, 6.45) is 0. The first-order chi connectivity index (χ1) is 30.2. The Labute approximate surface area is 363 Å². The van der Waals surface area contributed by atoms with E-state index in [0.717, 1.165) is 39.3 Å². The summed E-state index contributed by atoms with van der Waals surface area (Å²) in [6, 6.07) is 71.1. The van der Waals surface area contributed by atoms with E-state index in [4.69, 9.17) is 9.97 Å². The van der Waals surface area contributed by atoms with E-state index in [1.54, 1.807) is 0 Å². The quantitative estimate of drug-likeness (QED) is 0.173. The predicted octanol–water partition coefficient (Wildman–Crippen LogP) is 15.7. The molecule has 2 aliphatic rings. The average molecular weight is 793 g/mol. The lowest BCUT2D eigenvalue weighted by molar-refractivity contribution is 0.660. The van der Waals surface area contributed by atoms with Gasteiger partial charge in [0.2, 0.25) is 0 Å². The van der Waals surface area contributed by atoms with Gasteiger partial charge in [0, 0.05) is 27.5 Å². The molecule has 0 atom stereocenters. The first-order valence-electron chi connectivity index (χ1n) is 21.7. The summed E-state index contributed by atoms with van der Waals surface area (Å²) >= 11 is 0. The van der Waals surface area contributed by atoms with Crippen LogP contribution in [-0.2, 0) is 10.8 Å². The van der Waals surface area contributed by atoms with Crippen molar-refractivity contribution in [2.45, 2.75) is 38.5 Å². The van der Waals surface area contributed by atoms with Gasteiger partial charge in [0.25, 0.3) is 0 Å². The molecule has 0 unspecified atom stereocenters. The summed E-state index contributed by atoms with van der Waals surface area (Å²) in [5.41, 5.74) is 20.4. The first kappa shape index (κ1) is 36.4. The van der Waals surface area contributed by atoms with Crippen molar-refractivity contribution in [1.29, 1.82) is 0 Å². The molecule has 10 aromatic rings. The van der Waals surface area contributed by atoms with E-state index < -0.39 is 0 Å². The highest BCUT2D eigenvalue weighted by molar-refractivity contribution is 6.05. The van der Waals surface area contributed by atoms with Gasteiger partial charge in [0.1, 0.15) is 0 Å².